The highest BCUT2D eigenvalue weighted by Gasteiger charge is 2.44. The molecule has 0 saturated carbocycles. The Balaban J connectivity index is 1.80. The number of Topliss-reactive ketones (excluding diaryl/α,β-unsaturated/α-hetero) is 1. The van der Waals surface area contributed by atoms with E-state index < -0.39 is 23.5 Å². The van der Waals surface area contributed by atoms with Crippen LogP contribution in [0.3, 0.4) is 0 Å². The molecule has 0 fully saturated rings. The first-order valence-electron chi connectivity index (χ1n) is 11.5. The van der Waals surface area contributed by atoms with Gasteiger partial charge in [-0.3, -0.25) is 9.59 Å². The number of hydrogen-bond acceptors (Lipinski definition) is 8. The fourth-order valence-electron chi connectivity index (χ4n) is 4.48. The third-order valence-electron chi connectivity index (χ3n) is 6.23. The number of para-hydroxylation sites is 1. The molecule has 4 rings (SSSR count). The normalized spacial score (nSPS) is 15.8. The number of ether oxygens (including phenoxy) is 3. The van der Waals surface area contributed by atoms with Crippen molar-refractivity contribution in [3.63, 3.8) is 0 Å². The van der Waals surface area contributed by atoms with Crippen LogP contribution in [0.1, 0.15) is 28.6 Å². The third kappa shape index (κ3) is 4.49. The molecule has 3 aromatic rings. The maximum atomic E-state index is 13.8. The molecule has 9 heteroatoms. The van der Waals surface area contributed by atoms with E-state index in [1.54, 1.807) is 42.5 Å². The van der Waals surface area contributed by atoms with Gasteiger partial charge in [-0.25, -0.2) is 0 Å². The lowest BCUT2D eigenvalue weighted by molar-refractivity contribution is -0.129. The number of amides is 1. The topological polar surface area (TPSA) is 102 Å². The van der Waals surface area contributed by atoms with Crippen molar-refractivity contribution in [2.45, 2.75) is 12.5 Å². The van der Waals surface area contributed by atoms with E-state index in [1.807, 2.05) is 19.0 Å². The summed E-state index contributed by atoms with van der Waals surface area (Å²) < 4.78 is 22.0. The molecule has 2 heterocycles. The van der Waals surface area contributed by atoms with Gasteiger partial charge >= 0.3 is 0 Å². The standard InChI is InChI=1S/C27H30N2O7/c1-28(2)12-7-13-29-23(16-10-11-18(33-3)20(14-16)35-5)22(25(31)27(29)32)24(30)21-15-17-8-6-9-19(34-4)26(17)36-21/h6,8-11,14-15,23,31H,7,12-13H2,1-5H3/t23-/m0/s1. The van der Waals surface area contributed by atoms with Crippen LogP contribution in [0, 0.1) is 0 Å². The molecular formula is C27H30N2O7. The summed E-state index contributed by atoms with van der Waals surface area (Å²) in [6.07, 6.45) is 0.652. The van der Waals surface area contributed by atoms with Crippen LogP contribution in [0.2, 0.25) is 0 Å². The van der Waals surface area contributed by atoms with Crippen molar-refractivity contribution < 1.29 is 33.3 Å². The van der Waals surface area contributed by atoms with Gasteiger partial charge in [0.05, 0.1) is 32.9 Å². The van der Waals surface area contributed by atoms with Gasteiger partial charge in [0.15, 0.2) is 34.4 Å². The Morgan fingerprint density at radius 2 is 1.75 bits per heavy atom. The number of benzene rings is 2. The van der Waals surface area contributed by atoms with Crippen LogP contribution in [0.15, 0.2) is 58.2 Å². The summed E-state index contributed by atoms with van der Waals surface area (Å²) in [6.45, 7) is 1.07. The molecular weight excluding hydrogens is 464 g/mol. The molecule has 1 amide bonds. The van der Waals surface area contributed by atoms with Gasteiger partial charge in [0.25, 0.3) is 5.91 Å². The Bertz CT molecular complexity index is 1320. The van der Waals surface area contributed by atoms with Crippen LogP contribution < -0.4 is 14.2 Å². The average molecular weight is 495 g/mol. The maximum absolute atomic E-state index is 13.8. The number of carbonyl (C=O) groups is 2. The summed E-state index contributed by atoms with van der Waals surface area (Å²) in [7, 11) is 8.44. The number of nitrogens with zero attached hydrogens (tertiary/aromatic N) is 2. The molecule has 0 aliphatic carbocycles. The average Bonchev–Trinajstić information content (AvgIpc) is 3.42. The van der Waals surface area contributed by atoms with Crippen LogP contribution in [-0.2, 0) is 4.79 Å². The third-order valence-corrected chi connectivity index (χ3v) is 6.23. The van der Waals surface area contributed by atoms with Gasteiger partial charge in [-0.05, 0) is 56.9 Å². The number of aliphatic hydroxyl groups is 1. The van der Waals surface area contributed by atoms with E-state index in [2.05, 4.69) is 0 Å². The highest BCUT2D eigenvalue weighted by atomic mass is 16.5. The van der Waals surface area contributed by atoms with Gasteiger partial charge in [0.1, 0.15) is 0 Å². The Morgan fingerprint density at radius 3 is 2.42 bits per heavy atom. The van der Waals surface area contributed by atoms with Gasteiger partial charge in [-0.2, -0.15) is 0 Å². The quantitative estimate of drug-likeness (QED) is 0.422. The molecule has 0 spiro atoms. The van der Waals surface area contributed by atoms with E-state index in [1.165, 1.54) is 26.2 Å². The summed E-state index contributed by atoms with van der Waals surface area (Å²) in [5.74, 6) is -0.326. The molecule has 36 heavy (non-hydrogen) atoms. The minimum absolute atomic E-state index is 0.00414. The fraction of sp³-hybridized carbons (Fsp3) is 0.333. The summed E-state index contributed by atoms with van der Waals surface area (Å²) in [6, 6.07) is 11.3. The summed E-state index contributed by atoms with van der Waals surface area (Å²) in [4.78, 5) is 30.5. The predicted octanol–water partition coefficient (Wildman–Crippen LogP) is 3.99. The second-order valence-electron chi connectivity index (χ2n) is 8.75. The number of ketones is 1. The summed E-state index contributed by atoms with van der Waals surface area (Å²) in [5, 5.41) is 11.6. The second kappa shape index (κ2) is 10.3. The SMILES string of the molecule is COc1ccc([C@H]2C(C(=O)c3cc4cccc(OC)c4o3)=C(O)C(=O)N2CCCN(C)C)cc1OC. The Labute approximate surface area is 209 Å². The molecule has 9 nitrogen and oxygen atoms in total. The number of fused-ring (bicyclic) bond motifs is 1. The Morgan fingerprint density at radius 1 is 1.03 bits per heavy atom. The molecule has 190 valence electrons. The number of rotatable bonds is 10. The summed E-state index contributed by atoms with van der Waals surface area (Å²) in [5.41, 5.74) is 0.973. The van der Waals surface area contributed by atoms with E-state index in [4.69, 9.17) is 18.6 Å². The van der Waals surface area contributed by atoms with Crippen molar-refractivity contribution in [1.82, 2.24) is 9.80 Å². The van der Waals surface area contributed by atoms with Crippen LogP contribution in [0.4, 0.5) is 0 Å². The highest BCUT2D eigenvalue weighted by Crippen LogP contribution is 2.42. The number of methoxy groups -OCH3 is 3. The minimum atomic E-state index is -0.831. The molecule has 0 bridgehead atoms. The molecule has 1 aliphatic rings. The van der Waals surface area contributed by atoms with Crippen LogP contribution >= 0.6 is 0 Å². The molecule has 2 aromatic carbocycles. The smallest absolute Gasteiger partial charge is 0.290 e. The number of hydrogen-bond donors (Lipinski definition) is 1. The first-order valence-corrected chi connectivity index (χ1v) is 11.5. The lowest BCUT2D eigenvalue weighted by Gasteiger charge is -2.27. The Kier molecular flexibility index (Phi) is 7.21. The van der Waals surface area contributed by atoms with E-state index in [-0.39, 0.29) is 11.3 Å². The molecule has 1 N–H and O–H groups in total. The molecule has 1 aromatic heterocycles. The first-order chi connectivity index (χ1) is 17.3. The highest BCUT2D eigenvalue weighted by molar-refractivity contribution is 6.16. The monoisotopic (exact) mass is 494 g/mol. The van der Waals surface area contributed by atoms with Crippen molar-refractivity contribution in [2.75, 3.05) is 48.5 Å². The number of carbonyl (C=O) groups excluding carboxylic acids is 2. The van der Waals surface area contributed by atoms with E-state index in [9.17, 15) is 14.7 Å². The van der Waals surface area contributed by atoms with Gasteiger partial charge < -0.3 is 33.5 Å². The van der Waals surface area contributed by atoms with Crippen molar-refractivity contribution in [3.8, 4) is 17.2 Å². The Hall–Kier alpha value is -3.98. The zero-order valence-electron chi connectivity index (χ0n) is 21.0. The van der Waals surface area contributed by atoms with Gasteiger partial charge in [0, 0.05) is 11.9 Å². The molecule has 0 saturated heterocycles. The van der Waals surface area contributed by atoms with E-state index in [0.29, 0.717) is 46.7 Å². The van der Waals surface area contributed by atoms with E-state index >= 15 is 0 Å². The van der Waals surface area contributed by atoms with Crippen molar-refractivity contribution in [3.05, 3.63) is 65.1 Å². The lowest BCUT2D eigenvalue weighted by Crippen LogP contribution is -2.33. The second-order valence-corrected chi connectivity index (χ2v) is 8.75. The van der Waals surface area contributed by atoms with Crippen molar-refractivity contribution in [1.29, 1.82) is 0 Å². The first kappa shape index (κ1) is 25.1. The molecule has 0 radical (unpaired) electrons. The van der Waals surface area contributed by atoms with Gasteiger partial charge in [-0.1, -0.05) is 18.2 Å². The largest absolute Gasteiger partial charge is 0.503 e. The van der Waals surface area contributed by atoms with Crippen molar-refractivity contribution >= 4 is 22.7 Å². The number of furan rings is 1. The van der Waals surface area contributed by atoms with Crippen LogP contribution in [-0.4, -0.2) is 75.1 Å². The maximum Gasteiger partial charge on any atom is 0.290 e. The van der Waals surface area contributed by atoms with Crippen LogP contribution in [0.5, 0.6) is 17.2 Å². The predicted molar refractivity (Wildman–Crippen MR) is 134 cm³/mol. The summed E-state index contributed by atoms with van der Waals surface area (Å²) >= 11 is 0. The van der Waals surface area contributed by atoms with Gasteiger partial charge in [-0.15, -0.1) is 0 Å². The zero-order valence-corrected chi connectivity index (χ0v) is 21.0. The van der Waals surface area contributed by atoms with Crippen LogP contribution in [0.25, 0.3) is 11.0 Å². The van der Waals surface area contributed by atoms with E-state index in [0.717, 1.165) is 6.54 Å². The molecule has 0 unspecified atom stereocenters. The molecule has 1 atom stereocenters. The fourth-order valence-corrected chi connectivity index (χ4v) is 4.48. The minimum Gasteiger partial charge on any atom is -0.503 e. The molecule has 1 aliphatic heterocycles. The van der Waals surface area contributed by atoms with Crippen molar-refractivity contribution in [2.24, 2.45) is 0 Å². The van der Waals surface area contributed by atoms with Gasteiger partial charge in [0.2, 0.25) is 5.78 Å². The lowest BCUT2D eigenvalue weighted by atomic mass is 9.94. The zero-order chi connectivity index (χ0) is 26.0. The number of aliphatic hydroxyl groups excluding tert-OH is 1.